The van der Waals surface area contributed by atoms with Crippen molar-refractivity contribution in [2.45, 2.75) is 28.9 Å². The van der Waals surface area contributed by atoms with Gasteiger partial charge >= 0.3 is 0 Å². The van der Waals surface area contributed by atoms with Gasteiger partial charge in [-0.25, -0.2) is 8.42 Å². The van der Waals surface area contributed by atoms with Crippen molar-refractivity contribution in [2.75, 3.05) is 11.5 Å². The van der Waals surface area contributed by atoms with Crippen LogP contribution in [0.1, 0.15) is 18.9 Å². The van der Waals surface area contributed by atoms with Crippen molar-refractivity contribution in [1.82, 2.24) is 19.7 Å². The number of rotatable bonds is 7. The first-order valence-electron chi connectivity index (χ1n) is 8.51. The van der Waals surface area contributed by atoms with Crippen LogP contribution in [0.25, 0.3) is 11.4 Å². The van der Waals surface area contributed by atoms with E-state index in [0.29, 0.717) is 16.7 Å². The highest BCUT2D eigenvalue weighted by atomic mass is 79.9. The Hall–Kier alpha value is -1.71. The molecule has 27 heavy (non-hydrogen) atoms. The van der Waals surface area contributed by atoms with Crippen LogP contribution in [0, 0.1) is 0 Å². The number of pyridine rings is 1. The fourth-order valence-electron chi connectivity index (χ4n) is 2.73. The molecule has 6 nitrogen and oxygen atoms in total. The fraction of sp³-hybridized carbons (Fsp3) is 0.278. The van der Waals surface area contributed by atoms with Crippen molar-refractivity contribution in [2.24, 2.45) is 0 Å². The van der Waals surface area contributed by atoms with Gasteiger partial charge in [-0.3, -0.25) is 9.55 Å². The van der Waals surface area contributed by atoms with Crippen molar-refractivity contribution in [3.05, 3.63) is 53.3 Å². The standard InChI is InChI=1S/C18H17BrN4O2S2/c19-14-3-7-16(8-4-14)27(24,25)11-10-26-18-22-21-17(23(18)15-5-6-15)13-2-1-9-20-12-13/h1-4,7-9,12,15H,5-6,10-11H2. The Morgan fingerprint density at radius 1 is 1.15 bits per heavy atom. The van der Waals surface area contributed by atoms with Crippen LogP contribution >= 0.6 is 27.7 Å². The molecular weight excluding hydrogens is 448 g/mol. The van der Waals surface area contributed by atoms with E-state index in [1.54, 1.807) is 36.7 Å². The minimum Gasteiger partial charge on any atom is -0.299 e. The van der Waals surface area contributed by atoms with E-state index >= 15 is 0 Å². The van der Waals surface area contributed by atoms with Gasteiger partial charge in [-0.1, -0.05) is 27.7 Å². The van der Waals surface area contributed by atoms with Gasteiger partial charge in [-0.2, -0.15) is 0 Å². The number of benzene rings is 1. The quantitative estimate of drug-likeness (QED) is 0.491. The van der Waals surface area contributed by atoms with Gasteiger partial charge in [0.05, 0.1) is 10.6 Å². The van der Waals surface area contributed by atoms with Crippen molar-refractivity contribution in [1.29, 1.82) is 0 Å². The lowest BCUT2D eigenvalue weighted by molar-refractivity contribution is 0.597. The van der Waals surface area contributed by atoms with Crippen LogP contribution < -0.4 is 0 Å². The topological polar surface area (TPSA) is 77.7 Å². The largest absolute Gasteiger partial charge is 0.299 e. The molecule has 140 valence electrons. The van der Waals surface area contributed by atoms with Gasteiger partial charge in [-0.05, 0) is 49.2 Å². The molecule has 0 unspecified atom stereocenters. The van der Waals surface area contributed by atoms with Crippen LogP contribution in [0.15, 0.2) is 63.3 Å². The van der Waals surface area contributed by atoms with E-state index in [0.717, 1.165) is 33.9 Å². The molecule has 0 saturated heterocycles. The van der Waals surface area contributed by atoms with Crippen molar-refractivity contribution >= 4 is 37.5 Å². The van der Waals surface area contributed by atoms with Gasteiger partial charge in [0.1, 0.15) is 0 Å². The lowest BCUT2D eigenvalue weighted by Gasteiger charge is -2.09. The van der Waals surface area contributed by atoms with Crippen molar-refractivity contribution in [3.8, 4) is 11.4 Å². The molecule has 1 saturated carbocycles. The molecule has 1 aliphatic rings. The van der Waals surface area contributed by atoms with E-state index in [1.165, 1.54) is 11.8 Å². The summed E-state index contributed by atoms with van der Waals surface area (Å²) in [5.41, 5.74) is 0.922. The third kappa shape index (κ3) is 4.25. The first-order valence-corrected chi connectivity index (χ1v) is 11.9. The Balaban J connectivity index is 1.49. The molecule has 0 radical (unpaired) electrons. The van der Waals surface area contributed by atoms with E-state index < -0.39 is 9.84 Å². The highest BCUT2D eigenvalue weighted by Crippen LogP contribution is 2.41. The number of sulfone groups is 1. The van der Waals surface area contributed by atoms with Gasteiger partial charge in [0, 0.05) is 34.2 Å². The molecule has 1 aliphatic carbocycles. The van der Waals surface area contributed by atoms with Crippen LogP contribution in [-0.4, -0.2) is 39.7 Å². The number of aromatic nitrogens is 4. The second kappa shape index (κ2) is 7.73. The Kier molecular flexibility index (Phi) is 5.34. The molecule has 0 bridgehead atoms. The van der Waals surface area contributed by atoms with E-state index in [4.69, 9.17) is 0 Å². The monoisotopic (exact) mass is 464 g/mol. The number of hydrogen-bond donors (Lipinski definition) is 0. The summed E-state index contributed by atoms with van der Waals surface area (Å²) in [5.74, 6) is 1.28. The molecule has 1 aromatic carbocycles. The van der Waals surface area contributed by atoms with Crippen LogP contribution in [0.5, 0.6) is 0 Å². The Morgan fingerprint density at radius 3 is 2.59 bits per heavy atom. The SMILES string of the molecule is O=S(=O)(CCSc1nnc(-c2cccnc2)n1C1CC1)c1ccc(Br)cc1. The average molecular weight is 465 g/mol. The molecule has 2 heterocycles. The molecule has 0 amide bonds. The zero-order chi connectivity index (χ0) is 18.9. The van der Waals surface area contributed by atoms with E-state index in [1.807, 2.05) is 12.1 Å². The smallest absolute Gasteiger partial charge is 0.191 e. The van der Waals surface area contributed by atoms with Crippen molar-refractivity contribution in [3.63, 3.8) is 0 Å². The number of hydrogen-bond acceptors (Lipinski definition) is 6. The summed E-state index contributed by atoms with van der Waals surface area (Å²) in [6.07, 6.45) is 5.69. The predicted molar refractivity (Wildman–Crippen MR) is 108 cm³/mol. The molecule has 9 heteroatoms. The summed E-state index contributed by atoms with van der Waals surface area (Å²) >= 11 is 4.76. The summed E-state index contributed by atoms with van der Waals surface area (Å²) in [4.78, 5) is 4.49. The first kappa shape index (κ1) is 18.6. The maximum atomic E-state index is 12.5. The molecule has 0 atom stereocenters. The van der Waals surface area contributed by atoms with Gasteiger partial charge in [0.25, 0.3) is 0 Å². The number of halogens is 1. The predicted octanol–water partition coefficient (Wildman–Crippen LogP) is 4.00. The third-order valence-corrected chi connectivity index (χ3v) is 7.72. The number of nitrogens with zero attached hydrogens (tertiary/aromatic N) is 4. The zero-order valence-electron chi connectivity index (χ0n) is 14.3. The molecule has 3 aromatic rings. The normalized spacial score (nSPS) is 14.4. The molecule has 1 fully saturated rings. The maximum absolute atomic E-state index is 12.5. The second-order valence-corrected chi connectivity index (χ2v) is 10.4. The summed E-state index contributed by atoms with van der Waals surface area (Å²) < 4.78 is 28.0. The lowest BCUT2D eigenvalue weighted by Crippen LogP contribution is -2.09. The summed E-state index contributed by atoms with van der Waals surface area (Å²) in [6, 6.07) is 10.9. The fourth-order valence-corrected chi connectivity index (χ4v) is 5.65. The van der Waals surface area contributed by atoms with E-state index in [2.05, 4.69) is 35.7 Å². The molecular formula is C18H17BrN4O2S2. The Labute approximate surface area is 170 Å². The van der Waals surface area contributed by atoms with Gasteiger partial charge in [-0.15, -0.1) is 10.2 Å². The Morgan fingerprint density at radius 2 is 1.93 bits per heavy atom. The summed E-state index contributed by atoms with van der Waals surface area (Å²) in [7, 11) is -3.32. The van der Waals surface area contributed by atoms with Crippen LogP contribution in [0.4, 0.5) is 0 Å². The Bertz CT molecular complexity index is 1030. The maximum Gasteiger partial charge on any atom is 0.191 e. The first-order chi connectivity index (χ1) is 13.0. The minimum absolute atomic E-state index is 0.0546. The highest BCUT2D eigenvalue weighted by molar-refractivity contribution is 9.10. The zero-order valence-corrected chi connectivity index (χ0v) is 17.5. The molecule has 0 aliphatic heterocycles. The van der Waals surface area contributed by atoms with Gasteiger partial charge in [0.15, 0.2) is 20.8 Å². The van der Waals surface area contributed by atoms with Crippen molar-refractivity contribution < 1.29 is 8.42 Å². The minimum atomic E-state index is -3.32. The molecule has 2 aromatic heterocycles. The average Bonchev–Trinajstić information content (AvgIpc) is 3.42. The molecule has 4 rings (SSSR count). The second-order valence-electron chi connectivity index (χ2n) is 6.27. The van der Waals surface area contributed by atoms with E-state index in [9.17, 15) is 8.42 Å². The van der Waals surface area contributed by atoms with Crippen LogP contribution in [0.2, 0.25) is 0 Å². The van der Waals surface area contributed by atoms with Gasteiger partial charge < -0.3 is 0 Å². The summed E-state index contributed by atoms with van der Waals surface area (Å²) in [5, 5.41) is 9.40. The molecule has 0 spiro atoms. The summed E-state index contributed by atoms with van der Waals surface area (Å²) in [6.45, 7) is 0. The van der Waals surface area contributed by atoms with Gasteiger partial charge in [0.2, 0.25) is 0 Å². The highest BCUT2D eigenvalue weighted by Gasteiger charge is 2.30. The number of thioether (sulfide) groups is 1. The van der Waals surface area contributed by atoms with E-state index in [-0.39, 0.29) is 5.75 Å². The molecule has 0 N–H and O–H groups in total. The van der Waals surface area contributed by atoms with Crippen LogP contribution in [0.3, 0.4) is 0 Å². The lowest BCUT2D eigenvalue weighted by atomic mass is 10.3. The van der Waals surface area contributed by atoms with Crippen LogP contribution in [-0.2, 0) is 9.84 Å². The third-order valence-electron chi connectivity index (χ3n) is 4.25.